The number of carbonyl (C=O) groups is 1. The highest BCUT2D eigenvalue weighted by atomic mass is 16.2. The number of anilines is 1. The summed E-state index contributed by atoms with van der Waals surface area (Å²) in [7, 11) is 3.56. The molecule has 0 atom stereocenters. The van der Waals surface area contributed by atoms with Crippen LogP contribution >= 0.6 is 0 Å². The Hall–Kier alpha value is -1.51. The molecule has 0 saturated heterocycles. The summed E-state index contributed by atoms with van der Waals surface area (Å²) in [5, 5.41) is 3.21. The van der Waals surface area contributed by atoms with Crippen molar-refractivity contribution < 1.29 is 4.79 Å². The van der Waals surface area contributed by atoms with E-state index in [1.54, 1.807) is 19.0 Å². The van der Waals surface area contributed by atoms with Crippen molar-refractivity contribution in [3.05, 3.63) is 30.3 Å². The number of rotatable bonds is 5. The van der Waals surface area contributed by atoms with Gasteiger partial charge in [0.2, 0.25) is 5.91 Å². The second-order valence-corrected chi connectivity index (χ2v) is 3.59. The van der Waals surface area contributed by atoms with Crippen molar-refractivity contribution in [1.82, 2.24) is 4.90 Å². The van der Waals surface area contributed by atoms with Crippen molar-refractivity contribution in [2.45, 2.75) is 12.8 Å². The molecule has 0 unspecified atom stereocenters. The molecule has 1 aromatic rings. The highest BCUT2D eigenvalue weighted by molar-refractivity contribution is 5.75. The molecular weight excluding hydrogens is 188 g/mol. The zero-order valence-electron chi connectivity index (χ0n) is 9.29. The lowest BCUT2D eigenvalue weighted by atomic mass is 10.2. The first-order valence-corrected chi connectivity index (χ1v) is 5.11. The number of nitrogens with one attached hydrogen (secondary N) is 1. The van der Waals surface area contributed by atoms with Gasteiger partial charge >= 0.3 is 0 Å². The van der Waals surface area contributed by atoms with E-state index in [0.29, 0.717) is 6.42 Å². The fourth-order valence-electron chi connectivity index (χ4n) is 1.19. The van der Waals surface area contributed by atoms with Gasteiger partial charge in [-0.2, -0.15) is 0 Å². The van der Waals surface area contributed by atoms with Gasteiger partial charge in [0.25, 0.3) is 0 Å². The lowest BCUT2D eigenvalue weighted by molar-refractivity contribution is -0.128. The highest BCUT2D eigenvalue weighted by Crippen LogP contribution is 2.04. The minimum Gasteiger partial charge on any atom is -0.385 e. The maximum atomic E-state index is 11.2. The van der Waals surface area contributed by atoms with Crippen LogP contribution in [0.15, 0.2) is 24.3 Å². The van der Waals surface area contributed by atoms with E-state index in [9.17, 15) is 4.79 Å². The minimum atomic E-state index is 0.175. The summed E-state index contributed by atoms with van der Waals surface area (Å²) in [4.78, 5) is 12.9. The number of hydrogen-bond donors (Lipinski definition) is 1. The Balaban J connectivity index is 2.15. The van der Waals surface area contributed by atoms with E-state index in [0.717, 1.165) is 18.7 Å². The van der Waals surface area contributed by atoms with Crippen LogP contribution < -0.4 is 5.32 Å². The summed E-state index contributed by atoms with van der Waals surface area (Å²) in [5.41, 5.74) is 0.981. The van der Waals surface area contributed by atoms with Gasteiger partial charge in [-0.15, -0.1) is 0 Å². The average Bonchev–Trinajstić information content (AvgIpc) is 2.25. The molecule has 1 N–H and O–H groups in total. The van der Waals surface area contributed by atoms with Gasteiger partial charge in [0.1, 0.15) is 0 Å². The molecular formula is C12H17N2O. The average molecular weight is 205 g/mol. The van der Waals surface area contributed by atoms with Gasteiger partial charge in [-0.25, -0.2) is 0 Å². The van der Waals surface area contributed by atoms with Gasteiger partial charge < -0.3 is 10.2 Å². The molecule has 1 amide bonds. The first kappa shape index (κ1) is 11.6. The molecule has 81 valence electrons. The first-order valence-electron chi connectivity index (χ1n) is 5.11. The molecule has 0 aliphatic heterocycles. The molecule has 0 spiro atoms. The second-order valence-electron chi connectivity index (χ2n) is 3.59. The highest BCUT2D eigenvalue weighted by Gasteiger charge is 2.02. The molecule has 0 heterocycles. The number of nitrogens with zero attached hydrogens (tertiary/aromatic N) is 1. The third-order valence-electron chi connectivity index (χ3n) is 2.09. The SMILES string of the molecule is CN(C)C(=O)CCCNc1[c]cccc1. The fraction of sp³-hybridized carbons (Fsp3) is 0.417. The molecule has 0 aromatic heterocycles. The summed E-state index contributed by atoms with van der Waals surface area (Å²) in [5.74, 6) is 0.175. The quantitative estimate of drug-likeness (QED) is 0.743. The third kappa shape index (κ3) is 4.49. The Morgan fingerprint density at radius 2 is 2.27 bits per heavy atom. The van der Waals surface area contributed by atoms with Crippen LogP contribution in [0.5, 0.6) is 0 Å². The number of amides is 1. The monoisotopic (exact) mass is 205 g/mol. The van der Waals surface area contributed by atoms with Gasteiger partial charge in [0.15, 0.2) is 0 Å². The molecule has 3 nitrogen and oxygen atoms in total. The van der Waals surface area contributed by atoms with E-state index in [-0.39, 0.29) is 5.91 Å². The van der Waals surface area contributed by atoms with E-state index in [2.05, 4.69) is 11.4 Å². The van der Waals surface area contributed by atoms with Crippen LogP contribution in [0, 0.1) is 6.07 Å². The van der Waals surface area contributed by atoms with Crippen LogP contribution in [0.25, 0.3) is 0 Å². The Kier molecular flexibility index (Phi) is 4.68. The smallest absolute Gasteiger partial charge is 0.222 e. The van der Waals surface area contributed by atoms with E-state index < -0.39 is 0 Å². The molecule has 0 bridgehead atoms. The van der Waals surface area contributed by atoms with Gasteiger partial charge in [0, 0.05) is 38.8 Å². The molecule has 0 fully saturated rings. The van der Waals surface area contributed by atoms with Crippen molar-refractivity contribution in [3.8, 4) is 0 Å². The standard InChI is InChI=1S/C12H17N2O/c1-14(2)12(15)9-6-10-13-11-7-4-3-5-8-11/h3-5,7,13H,6,9-10H2,1-2H3. The number of hydrogen-bond acceptors (Lipinski definition) is 2. The molecule has 1 radical (unpaired) electrons. The lowest BCUT2D eigenvalue weighted by Gasteiger charge is -2.10. The van der Waals surface area contributed by atoms with E-state index in [1.165, 1.54) is 0 Å². The molecule has 1 rings (SSSR count). The summed E-state index contributed by atoms with van der Waals surface area (Å²) in [6, 6.07) is 10.8. The maximum absolute atomic E-state index is 11.2. The molecule has 15 heavy (non-hydrogen) atoms. The largest absolute Gasteiger partial charge is 0.385 e. The second kappa shape index (κ2) is 6.06. The predicted octanol–water partition coefficient (Wildman–Crippen LogP) is 1.77. The number of para-hydroxylation sites is 1. The Labute approximate surface area is 91.1 Å². The topological polar surface area (TPSA) is 32.3 Å². The molecule has 0 saturated carbocycles. The van der Waals surface area contributed by atoms with Crippen molar-refractivity contribution in [1.29, 1.82) is 0 Å². The first-order chi connectivity index (χ1) is 7.20. The molecule has 3 heteroatoms. The van der Waals surface area contributed by atoms with E-state index >= 15 is 0 Å². The summed E-state index contributed by atoms with van der Waals surface area (Å²) >= 11 is 0. The van der Waals surface area contributed by atoms with Gasteiger partial charge in [-0.3, -0.25) is 4.79 Å². The van der Waals surface area contributed by atoms with Crippen molar-refractivity contribution in [2.75, 3.05) is 26.0 Å². The molecule has 0 aliphatic rings. The van der Waals surface area contributed by atoms with Crippen LogP contribution in [-0.4, -0.2) is 31.4 Å². The van der Waals surface area contributed by atoms with Gasteiger partial charge in [-0.05, 0) is 12.5 Å². The predicted molar refractivity (Wildman–Crippen MR) is 61.7 cm³/mol. The van der Waals surface area contributed by atoms with Crippen LogP contribution in [-0.2, 0) is 4.79 Å². The lowest BCUT2D eigenvalue weighted by Crippen LogP contribution is -2.21. The summed E-state index contributed by atoms with van der Waals surface area (Å²) in [6.07, 6.45) is 1.44. The van der Waals surface area contributed by atoms with Crippen LogP contribution in [0.3, 0.4) is 0 Å². The van der Waals surface area contributed by atoms with E-state index in [1.807, 2.05) is 24.3 Å². The molecule has 0 aliphatic carbocycles. The van der Waals surface area contributed by atoms with E-state index in [4.69, 9.17) is 0 Å². The third-order valence-corrected chi connectivity index (χ3v) is 2.09. The zero-order chi connectivity index (χ0) is 11.1. The fourth-order valence-corrected chi connectivity index (χ4v) is 1.19. The summed E-state index contributed by atoms with van der Waals surface area (Å²) in [6.45, 7) is 0.806. The van der Waals surface area contributed by atoms with Crippen molar-refractivity contribution >= 4 is 11.6 Å². The zero-order valence-corrected chi connectivity index (χ0v) is 9.29. The van der Waals surface area contributed by atoms with Gasteiger partial charge in [0.05, 0.1) is 0 Å². The minimum absolute atomic E-state index is 0.175. The number of benzene rings is 1. The number of carbonyl (C=O) groups excluding carboxylic acids is 1. The van der Waals surface area contributed by atoms with Crippen molar-refractivity contribution in [3.63, 3.8) is 0 Å². The van der Waals surface area contributed by atoms with Crippen molar-refractivity contribution in [2.24, 2.45) is 0 Å². The Bertz CT molecular complexity index is 296. The van der Waals surface area contributed by atoms with Crippen LogP contribution in [0.4, 0.5) is 5.69 Å². The molecule has 1 aromatic carbocycles. The normalized spacial score (nSPS) is 9.73. The Morgan fingerprint density at radius 1 is 1.47 bits per heavy atom. The maximum Gasteiger partial charge on any atom is 0.222 e. The van der Waals surface area contributed by atoms with Crippen LogP contribution in [0.2, 0.25) is 0 Å². The van der Waals surface area contributed by atoms with Gasteiger partial charge in [-0.1, -0.05) is 18.2 Å². The van der Waals surface area contributed by atoms with Crippen LogP contribution in [0.1, 0.15) is 12.8 Å². The summed E-state index contributed by atoms with van der Waals surface area (Å²) < 4.78 is 0. The Morgan fingerprint density at radius 3 is 2.87 bits per heavy atom.